The van der Waals surface area contributed by atoms with Gasteiger partial charge in [0.05, 0.1) is 6.61 Å². The molecule has 3 heteroatoms. The molecule has 122 valence electrons. The van der Waals surface area contributed by atoms with Gasteiger partial charge in [0, 0.05) is 6.61 Å². The summed E-state index contributed by atoms with van der Waals surface area (Å²) in [6.07, 6.45) is 6.21. The molecular formula is C20H26O2Si. The average molecular weight is 327 g/mol. The van der Waals surface area contributed by atoms with Crippen molar-refractivity contribution in [3.63, 3.8) is 0 Å². The number of rotatable bonds is 9. The van der Waals surface area contributed by atoms with Crippen molar-refractivity contribution in [1.29, 1.82) is 0 Å². The van der Waals surface area contributed by atoms with Gasteiger partial charge in [-0.15, -0.1) is 0 Å². The number of hydrogen-bond acceptors (Lipinski definition) is 2. The second-order valence-electron chi connectivity index (χ2n) is 5.43. The molecular weight excluding hydrogens is 300 g/mol. The van der Waals surface area contributed by atoms with E-state index in [1.165, 1.54) is 0 Å². The highest BCUT2D eigenvalue weighted by atomic mass is 28.4. The molecule has 0 saturated carbocycles. The largest absolute Gasteiger partial charge is 0.407 e. The SMILES string of the molecule is C/C=C/CO[Si](OCCCC)(c1ccccc1)c1ccccc1. The highest BCUT2D eigenvalue weighted by molar-refractivity contribution is 6.92. The van der Waals surface area contributed by atoms with Crippen LogP contribution >= 0.6 is 0 Å². The lowest BCUT2D eigenvalue weighted by molar-refractivity contribution is 0.204. The summed E-state index contributed by atoms with van der Waals surface area (Å²) in [5.41, 5.74) is 0. The smallest absolute Gasteiger partial charge is 0.388 e. The Morgan fingerprint density at radius 1 is 0.870 bits per heavy atom. The molecule has 0 aliphatic carbocycles. The lowest BCUT2D eigenvalue weighted by atomic mass is 10.4. The quantitative estimate of drug-likeness (QED) is 0.398. The number of unbranched alkanes of at least 4 members (excludes halogenated alkanes) is 1. The van der Waals surface area contributed by atoms with E-state index in [1.807, 2.05) is 31.2 Å². The molecule has 0 aliphatic heterocycles. The maximum absolute atomic E-state index is 6.47. The van der Waals surface area contributed by atoms with Crippen molar-refractivity contribution in [3.05, 3.63) is 72.8 Å². The van der Waals surface area contributed by atoms with Crippen molar-refractivity contribution in [3.8, 4) is 0 Å². The standard InChI is InChI=1S/C20H26O2Si/c1-3-5-17-21-23(22-18-6-4-2,19-13-9-7-10-14-19)20-15-11-8-12-16-20/h3,5,7-16H,4,6,17-18H2,1-2H3/b5-3+. The van der Waals surface area contributed by atoms with Crippen molar-refractivity contribution in [1.82, 2.24) is 0 Å². The maximum Gasteiger partial charge on any atom is 0.407 e. The van der Waals surface area contributed by atoms with E-state index in [-0.39, 0.29) is 0 Å². The lowest BCUT2D eigenvalue weighted by Gasteiger charge is -2.31. The second-order valence-corrected chi connectivity index (χ2v) is 8.40. The molecule has 0 bridgehead atoms. The fourth-order valence-corrected chi connectivity index (χ4v) is 5.59. The summed E-state index contributed by atoms with van der Waals surface area (Å²) in [4.78, 5) is 0. The highest BCUT2D eigenvalue weighted by Gasteiger charge is 2.42. The zero-order chi connectivity index (χ0) is 16.4. The van der Waals surface area contributed by atoms with E-state index in [9.17, 15) is 0 Å². The summed E-state index contributed by atoms with van der Waals surface area (Å²) < 4.78 is 12.9. The van der Waals surface area contributed by atoms with Crippen LogP contribution in [0.1, 0.15) is 26.7 Å². The first kappa shape index (κ1) is 17.7. The monoisotopic (exact) mass is 326 g/mol. The summed E-state index contributed by atoms with van der Waals surface area (Å²) in [7, 11) is -2.67. The fourth-order valence-electron chi connectivity index (χ4n) is 2.48. The molecule has 0 atom stereocenters. The maximum atomic E-state index is 6.47. The van der Waals surface area contributed by atoms with Crippen LogP contribution in [0.3, 0.4) is 0 Å². The van der Waals surface area contributed by atoms with Crippen LogP contribution in [0.5, 0.6) is 0 Å². The minimum Gasteiger partial charge on any atom is -0.388 e. The van der Waals surface area contributed by atoms with Crippen LogP contribution < -0.4 is 10.4 Å². The van der Waals surface area contributed by atoms with Crippen LogP contribution in [0.4, 0.5) is 0 Å². The molecule has 0 aliphatic rings. The molecule has 0 N–H and O–H groups in total. The van der Waals surface area contributed by atoms with E-state index in [0.29, 0.717) is 6.61 Å². The molecule has 2 aromatic carbocycles. The van der Waals surface area contributed by atoms with Crippen LogP contribution in [0.25, 0.3) is 0 Å². The summed E-state index contributed by atoms with van der Waals surface area (Å²) in [6.45, 7) is 5.48. The summed E-state index contributed by atoms with van der Waals surface area (Å²) in [5.74, 6) is 0. The molecule has 0 fully saturated rings. The molecule has 0 heterocycles. The molecule has 0 radical (unpaired) electrons. The van der Waals surface area contributed by atoms with Gasteiger partial charge >= 0.3 is 8.56 Å². The Hall–Kier alpha value is -1.68. The molecule has 0 unspecified atom stereocenters. The Morgan fingerprint density at radius 3 is 1.91 bits per heavy atom. The molecule has 2 rings (SSSR count). The van der Waals surface area contributed by atoms with E-state index in [0.717, 1.165) is 29.8 Å². The van der Waals surface area contributed by atoms with Crippen LogP contribution in [-0.4, -0.2) is 21.8 Å². The van der Waals surface area contributed by atoms with Gasteiger partial charge in [-0.05, 0) is 23.7 Å². The van der Waals surface area contributed by atoms with Crippen molar-refractivity contribution in [2.75, 3.05) is 13.2 Å². The van der Waals surface area contributed by atoms with Gasteiger partial charge in [-0.3, -0.25) is 0 Å². The molecule has 2 aromatic rings. The van der Waals surface area contributed by atoms with Gasteiger partial charge in [-0.25, -0.2) is 0 Å². The van der Waals surface area contributed by atoms with Gasteiger partial charge in [0.15, 0.2) is 0 Å². The first-order valence-electron chi connectivity index (χ1n) is 8.33. The Kier molecular flexibility index (Phi) is 7.26. The van der Waals surface area contributed by atoms with E-state index in [4.69, 9.17) is 8.85 Å². The van der Waals surface area contributed by atoms with Crippen LogP contribution in [-0.2, 0) is 8.85 Å². The molecule has 23 heavy (non-hydrogen) atoms. The third kappa shape index (κ3) is 4.64. The van der Waals surface area contributed by atoms with Crippen molar-refractivity contribution < 1.29 is 8.85 Å². The third-order valence-corrected chi connectivity index (χ3v) is 7.10. The third-order valence-electron chi connectivity index (χ3n) is 3.73. The first-order chi connectivity index (χ1) is 11.3. The zero-order valence-electron chi connectivity index (χ0n) is 14.1. The molecule has 2 nitrogen and oxygen atoms in total. The fraction of sp³-hybridized carbons (Fsp3) is 0.300. The highest BCUT2D eigenvalue weighted by Crippen LogP contribution is 2.11. The Balaban J connectivity index is 2.43. The summed E-state index contributed by atoms with van der Waals surface area (Å²) in [5, 5.41) is 2.32. The normalized spacial score (nSPS) is 11.9. The predicted molar refractivity (Wildman–Crippen MR) is 99.5 cm³/mol. The Labute approximate surface area is 141 Å². The van der Waals surface area contributed by atoms with Crippen molar-refractivity contribution >= 4 is 18.9 Å². The van der Waals surface area contributed by atoms with Crippen LogP contribution in [0.2, 0.25) is 0 Å². The van der Waals surface area contributed by atoms with E-state index in [2.05, 4.69) is 55.5 Å². The Morgan fingerprint density at radius 2 is 1.43 bits per heavy atom. The average Bonchev–Trinajstić information content (AvgIpc) is 2.62. The molecule has 0 saturated heterocycles. The topological polar surface area (TPSA) is 18.5 Å². The van der Waals surface area contributed by atoms with Gasteiger partial charge in [-0.2, -0.15) is 0 Å². The van der Waals surface area contributed by atoms with Gasteiger partial charge in [0.2, 0.25) is 0 Å². The van der Waals surface area contributed by atoms with E-state index >= 15 is 0 Å². The van der Waals surface area contributed by atoms with Crippen molar-refractivity contribution in [2.24, 2.45) is 0 Å². The minimum atomic E-state index is -2.67. The second kappa shape index (κ2) is 9.45. The first-order valence-corrected chi connectivity index (χ1v) is 10.1. The van der Waals surface area contributed by atoms with Crippen molar-refractivity contribution in [2.45, 2.75) is 26.7 Å². The van der Waals surface area contributed by atoms with Gasteiger partial charge in [0.25, 0.3) is 0 Å². The molecule has 0 amide bonds. The predicted octanol–water partition coefficient (Wildman–Crippen LogP) is 3.65. The lowest BCUT2D eigenvalue weighted by Crippen LogP contribution is -2.63. The number of benzene rings is 2. The van der Waals surface area contributed by atoms with E-state index in [1.54, 1.807) is 0 Å². The van der Waals surface area contributed by atoms with Gasteiger partial charge in [-0.1, -0.05) is 86.2 Å². The number of allylic oxidation sites excluding steroid dienone is 1. The summed E-state index contributed by atoms with van der Waals surface area (Å²) >= 11 is 0. The van der Waals surface area contributed by atoms with Gasteiger partial charge < -0.3 is 8.85 Å². The summed E-state index contributed by atoms with van der Waals surface area (Å²) in [6, 6.07) is 20.8. The Bertz CT molecular complexity index is 542. The zero-order valence-corrected chi connectivity index (χ0v) is 15.1. The number of hydrogen-bond donors (Lipinski definition) is 0. The molecule has 0 spiro atoms. The minimum absolute atomic E-state index is 0.568. The van der Waals surface area contributed by atoms with E-state index < -0.39 is 8.56 Å². The van der Waals surface area contributed by atoms with Gasteiger partial charge in [0.1, 0.15) is 0 Å². The molecule has 0 aromatic heterocycles. The van der Waals surface area contributed by atoms with Crippen LogP contribution in [0.15, 0.2) is 72.8 Å². The van der Waals surface area contributed by atoms with Crippen LogP contribution in [0, 0.1) is 0 Å².